The fraction of sp³-hybridized carbons (Fsp3) is 0.579. The van der Waals surface area contributed by atoms with Gasteiger partial charge < -0.3 is 15.4 Å². The minimum absolute atomic E-state index is 0.0111. The zero-order valence-electron chi connectivity index (χ0n) is 16.3. The summed E-state index contributed by atoms with van der Waals surface area (Å²) in [5.41, 5.74) is -1.15. The van der Waals surface area contributed by atoms with E-state index in [0.29, 0.717) is 0 Å². The highest BCUT2D eigenvalue weighted by Gasteiger charge is 2.31. The zero-order chi connectivity index (χ0) is 20.9. The van der Waals surface area contributed by atoms with Crippen molar-refractivity contribution in [2.75, 3.05) is 6.54 Å². The summed E-state index contributed by atoms with van der Waals surface area (Å²) in [6.07, 6.45) is 3.32. The van der Waals surface area contributed by atoms with Gasteiger partial charge in [-0.05, 0) is 45.6 Å². The first kappa shape index (κ1) is 21.9. The molecule has 0 aliphatic heterocycles. The van der Waals surface area contributed by atoms with E-state index in [1.807, 2.05) is 0 Å². The van der Waals surface area contributed by atoms with E-state index in [1.54, 1.807) is 20.8 Å². The molecule has 0 unspecified atom stereocenters. The molecule has 154 valence electrons. The lowest BCUT2D eigenvalue weighted by molar-refractivity contribution is -0.385. The lowest BCUT2D eigenvalue weighted by Crippen LogP contribution is -2.48. The molecule has 2 amide bonds. The number of ether oxygens (including phenoxy) is 1. The standard InChI is InChI=1S/C19H26ClN3O5/c1-19(2,3)28-18(25)21-11-14(12-7-4-5-8-12)22-17(24)16-13(20)9-6-10-15(16)23(26)27/h6,9-10,12,14H,4-5,7-8,11H2,1-3H3,(H,21,25)(H,22,24)/t14-/m1/s1. The van der Waals surface area contributed by atoms with Crippen LogP contribution in [0.15, 0.2) is 18.2 Å². The lowest BCUT2D eigenvalue weighted by Gasteiger charge is -2.26. The summed E-state index contributed by atoms with van der Waals surface area (Å²) in [5, 5.41) is 16.8. The molecule has 1 aliphatic rings. The number of rotatable bonds is 6. The van der Waals surface area contributed by atoms with Gasteiger partial charge in [0.2, 0.25) is 0 Å². The smallest absolute Gasteiger partial charge is 0.407 e. The first-order chi connectivity index (χ1) is 13.1. The lowest BCUT2D eigenvalue weighted by atomic mass is 9.97. The summed E-state index contributed by atoms with van der Waals surface area (Å²) in [7, 11) is 0. The maximum Gasteiger partial charge on any atom is 0.407 e. The molecule has 1 aliphatic carbocycles. The first-order valence-electron chi connectivity index (χ1n) is 9.29. The third-order valence-electron chi connectivity index (χ3n) is 4.57. The number of nitrogens with one attached hydrogen (secondary N) is 2. The molecule has 1 atom stereocenters. The molecule has 0 saturated heterocycles. The fourth-order valence-corrected chi connectivity index (χ4v) is 3.59. The molecule has 1 aromatic rings. The summed E-state index contributed by atoms with van der Waals surface area (Å²) in [6.45, 7) is 5.46. The molecule has 0 heterocycles. The molecule has 0 spiro atoms. The molecular formula is C19H26ClN3O5. The van der Waals surface area contributed by atoms with Crippen LogP contribution in [0.4, 0.5) is 10.5 Å². The second kappa shape index (κ2) is 9.23. The van der Waals surface area contributed by atoms with Crippen LogP contribution in [0.2, 0.25) is 5.02 Å². The maximum atomic E-state index is 12.8. The van der Waals surface area contributed by atoms with Gasteiger partial charge in [0, 0.05) is 18.7 Å². The quantitative estimate of drug-likeness (QED) is 0.541. The van der Waals surface area contributed by atoms with Crippen LogP contribution < -0.4 is 10.6 Å². The Bertz CT molecular complexity index is 742. The Kier molecular flexibility index (Phi) is 7.23. The summed E-state index contributed by atoms with van der Waals surface area (Å²) in [6, 6.07) is 3.73. The Morgan fingerprint density at radius 2 is 1.96 bits per heavy atom. The molecule has 28 heavy (non-hydrogen) atoms. The SMILES string of the molecule is CC(C)(C)OC(=O)NC[C@@H](NC(=O)c1c(Cl)cccc1[N+](=O)[O-])C1CCCC1. The van der Waals surface area contributed by atoms with Crippen LogP contribution in [0.25, 0.3) is 0 Å². The number of benzene rings is 1. The van der Waals surface area contributed by atoms with Gasteiger partial charge in [-0.3, -0.25) is 14.9 Å². The fourth-order valence-electron chi connectivity index (χ4n) is 3.33. The van der Waals surface area contributed by atoms with Crippen LogP contribution in [0.1, 0.15) is 56.8 Å². The van der Waals surface area contributed by atoms with E-state index < -0.39 is 22.5 Å². The van der Waals surface area contributed by atoms with Gasteiger partial charge in [0.1, 0.15) is 11.2 Å². The van der Waals surface area contributed by atoms with Gasteiger partial charge in [-0.1, -0.05) is 30.5 Å². The molecule has 2 N–H and O–H groups in total. The molecule has 2 rings (SSSR count). The van der Waals surface area contributed by atoms with Crippen LogP contribution in [0.5, 0.6) is 0 Å². The van der Waals surface area contributed by atoms with Gasteiger partial charge in [-0.25, -0.2) is 4.79 Å². The normalized spacial score (nSPS) is 15.7. The molecule has 1 fully saturated rings. The number of nitro groups is 1. The van der Waals surface area contributed by atoms with Crippen molar-refractivity contribution >= 4 is 29.3 Å². The van der Waals surface area contributed by atoms with Gasteiger partial charge in [0.25, 0.3) is 11.6 Å². The summed E-state index contributed by atoms with van der Waals surface area (Å²) in [5.74, 6) is -0.458. The van der Waals surface area contributed by atoms with E-state index >= 15 is 0 Å². The molecule has 1 saturated carbocycles. The first-order valence-corrected chi connectivity index (χ1v) is 9.67. The van der Waals surface area contributed by atoms with E-state index in [4.69, 9.17) is 16.3 Å². The molecule has 8 nitrogen and oxygen atoms in total. The van der Waals surface area contributed by atoms with E-state index in [2.05, 4.69) is 10.6 Å². The highest BCUT2D eigenvalue weighted by atomic mass is 35.5. The van der Waals surface area contributed by atoms with E-state index in [-0.39, 0.29) is 34.8 Å². The Morgan fingerprint density at radius 1 is 1.32 bits per heavy atom. The number of halogens is 1. The molecule has 1 aromatic carbocycles. The van der Waals surface area contributed by atoms with Gasteiger partial charge in [0.05, 0.1) is 9.95 Å². The topological polar surface area (TPSA) is 111 Å². The molecule has 9 heteroatoms. The number of carbonyl (C=O) groups excluding carboxylic acids is 2. The van der Waals surface area contributed by atoms with Crippen molar-refractivity contribution in [3.63, 3.8) is 0 Å². The second-order valence-corrected chi connectivity index (χ2v) is 8.31. The van der Waals surface area contributed by atoms with Crippen LogP contribution in [-0.4, -0.2) is 35.1 Å². The predicted octanol–water partition coefficient (Wildman–Crippen LogP) is 4.06. The van der Waals surface area contributed by atoms with Crippen LogP contribution in [0, 0.1) is 16.0 Å². The zero-order valence-corrected chi connectivity index (χ0v) is 17.0. The van der Waals surface area contributed by atoms with E-state index in [9.17, 15) is 19.7 Å². The molecule has 0 aromatic heterocycles. The number of hydrogen-bond donors (Lipinski definition) is 2. The van der Waals surface area contributed by atoms with Crippen molar-refractivity contribution in [2.24, 2.45) is 5.92 Å². The number of amides is 2. The maximum absolute atomic E-state index is 12.8. The van der Waals surface area contributed by atoms with Crippen molar-refractivity contribution in [3.8, 4) is 0 Å². The molecular weight excluding hydrogens is 386 g/mol. The minimum Gasteiger partial charge on any atom is -0.444 e. The number of nitro benzene ring substituents is 1. The van der Waals surface area contributed by atoms with E-state index in [0.717, 1.165) is 25.7 Å². The number of nitrogens with zero attached hydrogens (tertiary/aromatic N) is 1. The molecule has 0 bridgehead atoms. The predicted molar refractivity (Wildman–Crippen MR) is 106 cm³/mol. The largest absolute Gasteiger partial charge is 0.444 e. The average Bonchev–Trinajstić information content (AvgIpc) is 3.10. The monoisotopic (exact) mass is 411 g/mol. The van der Waals surface area contributed by atoms with Crippen molar-refractivity contribution in [1.82, 2.24) is 10.6 Å². The van der Waals surface area contributed by atoms with Crippen LogP contribution >= 0.6 is 11.6 Å². The van der Waals surface area contributed by atoms with Gasteiger partial charge in [-0.15, -0.1) is 0 Å². The van der Waals surface area contributed by atoms with E-state index in [1.165, 1.54) is 18.2 Å². The highest BCUT2D eigenvalue weighted by molar-refractivity contribution is 6.34. The average molecular weight is 412 g/mol. The minimum atomic E-state index is -0.635. The summed E-state index contributed by atoms with van der Waals surface area (Å²) < 4.78 is 5.24. The van der Waals surface area contributed by atoms with Crippen molar-refractivity contribution in [1.29, 1.82) is 0 Å². The van der Waals surface area contributed by atoms with Gasteiger partial charge in [0.15, 0.2) is 0 Å². The van der Waals surface area contributed by atoms with Crippen molar-refractivity contribution < 1.29 is 19.2 Å². The Hall–Kier alpha value is -2.35. The Balaban J connectivity index is 2.14. The Morgan fingerprint density at radius 3 is 2.54 bits per heavy atom. The Labute approximate surface area is 169 Å². The summed E-state index contributed by atoms with van der Waals surface area (Å²) in [4.78, 5) is 35.4. The number of carbonyl (C=O) groups is 2. The third kappa shape index (κ3) is 6.09. The number of alkyl carbamates (subject to hydrolysis) is 1. The summed E-state index contributed by atoms with van der Waals surface area (Å²) >= 11 is 6.06. The van der Waals surface area contributed by atoms with Crippen LogP contribution in [-0.2, 0) is 4.74 Å². The highest BCUT2D eigenvalue weighted by Crippen LogP contribution is 2.30. The molecule has 0 radical (unpaired) electrons. The van der Waals surface area contributed by atoms with Crippen molar-refractivity contribution in [2.45, 2.75) is 58.1 Å². The number of hydrogen-bond acceptors (Lipinski definition) is 5. The second-order valence-electron chi connectivity index (χ2n) is 7.90. The van der Waals surface area contributed by atoms with Crippen LogP contribution in [0.3, 0.4) is 0 Å². The van der Waals surface area contributed by atoms with Gasteiger partial charge >= 0.3 is 6.09 Å². The van der Waals surface area contributed by atoms with Gasteiger partial charge in [-0.2, -0.15) is 0 Å². The third-order valence-corrected chi connectivity index (χ3v) is 4.88. The van der Waals surface area contributed by atoms with Crippen molar-refractivity contribution in [3.05, 3.63) is 38.9 Å².